The molecule has 0 atom stereocenters. The van der Waals surface area contributed by atoms with Crippen molar-refractivity contribution < 1.29 is 28.8 Å². The predicted octanol–water partition coefficient (Wildman–Crippen LogP) is 0.938. The van der Waals surface area contributed by atoms with Crippen molar-refractivity contribution in [2.45, 2.75) is 0 Å². The Kier molecular flexibility index (Phi) is 3.01. The Balaban J connectivity index is 1.61. The third-order valence-electron chi connectivity index (χ3n) is 3.90. The van der Waals surface area contributed by atoms with Crippen LogP contribution in [0.15, 0.2) is 42.5 Å². The van der Waals surface area contributed by atoms with Gasteiger partial charge in [0.2, 0.25) is 0 Å². The number of hydrogen-bond acceptors (Lipinski definition) is 6. The highest BCUT2D eigenvalue weighted by atomic mass is 16.7. The van der Waals surface area contributed by atoms with Gasteiger partial charge in [-0.05, 0) is 30.3 Å². The molecule has 1 N–H and O–H groups in total. The zero-order chi connectivity index (χ0) is 17.7. The molecule has 0 unspecified atom stereocenters. The van der Waals surface area contributed by atoms with Crippen LogP contribution in [0.3, 0.4) is 0 Å². The van der Waals surface area contributed by atoms with Gasteiger partial charge in [0.25, 0.3) is 23.6 Å². The molecule has 122 valence electrons. The smallest absolute Gasteiger partial charge is 0.324 e. The largest absolute Gasteiger partial charge is 0.363 e. The Morgan fingerprint density at radius 3 is 2.04 bits per heavy atom. The first-order chi connectivity index (χ1) is 12.0. The van der Waals surface area contributed by atoms with Crippen molar-refractivity contribution in [2.75, 3.05) is 0 Å². The molecule has 0 fully saturated rings. The molecular formula is C17H8N2O6. The van der Waals surface area contributed by atoms with Gasteiger partial charge in [0.1, 0.15) is 0 Å². The van der Waals surface area contributed by atoms with Gasteiger partial charge < -0.3 is 4.84 Å². The standard InChI is InChI=1S/C17H8N2O6/c20-13-9-6-5-8(7-12(9)14(21)18-13)17(24)25-19-15(22)10-3-1-2-4-11(10)16(19)23/h1-7H,(H,18,20,21). The Hall–Kier alpha value is -3.81. The normalized spacial score (nSPS) is 15.1. The molecule has 0 spiro atoms. The van der Waals surface area contributed by atoms with Gasteiger partial charge in [0, 0.05) is 0 Å². The van der Waals surface area contributed by atoms with Gasteiger partial charge >= 0.3 is 5.97 Å². The van der Waals surface area contributed by atoms with Gasteiger partial charge in [-0.1, -0.05) is 17.2 Å². The summed E-state index contributed by atoms with van der Waals surface area (Å²) in [6, 6.07) is 9.84. The fourth-order valence-electron chi connectivity index (χ4n) is 2.68. The molecule has 8 nitrogen and oxygen atoms in total. The number of hydrogen-bond donors (Lipinski definition) is 1. The fourth-order valence-corrected chi connectivity index (χ4v) is 2.68. The Morgan fingerprint density at radius 2 is 1.40 bits per heavy atom. The maximum Gasteiger partial charge on any atom is 0.363 e. The minimum absolute atomic E-state index is 0.0295. The minimum Gasteiger partial charge on any atom is -0.324 e. The predicted molar refractivity (Wildman–Crippen MR) is 80.6 cm³/mol. The van der Waals surface area contributed by atoms with Gasteiger partial charge in [-0.25, -0.2) is 4.79 Å². The van der Waals surface area contributed by atoms with Crippen LogP contribution in [-0.2, 0) is 4.84 Å². The number of nitrogens with one attached hydrogen (secondary N) is 1. The lowest BCUT2D eigenvalue weighted by Crippen LogP contribution is -2.32. The van der Waals surface area contributed by atoms with Crippen LogP contribution in [0.1, 0.15) is 51.8 Å². The molecule has 4 rings (SSSR count). The topological polar surface area (TPSA) is 110 Å². The fraction of sp³-hybridized carbons (Fsp3) is 0. The lowest BCUT2D eigenvalue weighted by Gasteiger charge is -2.12. The first kappa shape index (κ1) is 14.8. The van der Waals surface area contributed by atoms with Gasteiger partial charge in [-0.2, -0.15) is 0 Å². The lowest BCUT2D eigenvalue weighted by atomic mass is 10.1. The van der Waals surface area contributed by atoms with Crippen LogP contribution >= 0.6 is 0 Å². The van der Waals surface area contributed by atoms with Crippen molar-refractivity contribution in [1.29, 1.82) is 0 Å². The van der Waals surface area contributed by atoms with Gasteiger partial charge in [0.05, 0.1) is 27.8 Å². The van der Waals surface area contributed by atoms with E-state index in [0.29, 0.717) is 5.06 Å². The molecule has 2 aliphatic heterocycles. The number of amides is 4. The summed E-state index contributed by atoms with van der Waals surface area (Å²) in [5.41, 5.74) is 0.378. The molecule has 2 aliphatic rings. The Bertz CT molecular complexity index is 975. The van der Waals surface area contributed by atoms with Crippen molar-refractivity contribution in [2.24, 2.45) is 0 Å². The van der Waals surface area contributed by atoms with Crippen LogP contribution < -0.4 is 5.32 Å². The van der Waals surface area contributed by atoms with Gasteiger partial charge in [-0.15, -0.1) is 0 Å². The Morgan fingerprint density at radius 1 is 0.800 bits per heavy atom. The molecule has 25 heavy (non-hydrogen) atoms. The summed E-state index contributed by atoms with van der Waals surface area (Å²) < 4.78 is 0. The van der Waals surface area contributed by atoms with Crippen LogP contribution in [0.25, 0.3) is 0 Å². The number of benzene rings is 2. The van der Waals surface area contributed by atoms with Crippen molar-refractivity contribution in [3.05, 3.63) is 70.3 Å². The molecule has 2 aromatic rings. The van der Waals surface area contributed by atoms with Crippen molar-refractivity contribution >= 4 is 29.6 Å². The summed E-state index contributed by atoms with van der Waals surface area (Å²) >= 11 is 0. The van der Waals surface area contributed by atoms with Crippen molar-refractivity contribution in [3.8, 4) is 0 Å². The number of fused-ring (bicyclic) bond motifs is 2. The molecule has 8 heteroatoms. The second kappa shape index (κ2) is 5.10. The van der Waals surface area contributed by atoms with Crippen LogP contribution in [0.4, 0.5) is 0 Å². The SMILES string of the molecule is O=C(ON1C(=O)c2ccccc2C1=O)c1ccc2c(c1)C(=O)NC2=O. The molecular weight excluding hydrogens is 328 g/mol. The van der Waals surface area contributed by atoms with Crippen LogP contribution in [0.5, 0.6) is 0 Å². The van der Waals surface area contributed by atoms with E-state index in [2.05, 4.69) is 5.32 Å². The summed E-state index contributed by atoms with van der Waals surface area (Å²) in [5, 5.41) is 2.48. The summed E-state index contributed by atoms with van der Waals surface area (Å²) in [4.78, 5) is 64.6. The van der Waals surface area contributed by atoms with Crippen molar-refractivity contribution in [1.82, 2.24) is 10.4 Å². The van der Waals surface area contributed by atoms with E-state index in [1.54, 1.807) is 12.1 Å². The van der Waals surface area contributed by atoms with E-state index in [1.165, 1.54) is 30.3 Å². The maximum absolute atomic E-state index is 12.2. The highest BCUT2D eigenvalue weighted by molar-refractivity contribution is 6.22. The molecule has 0 saturated heterocycles. The monoisotopic (exact) mass is 336 g/mol. The molecule has 0 radical (unpaired) electrons. The molecule has 0 bridgehead atoms. The first-order valence-electron chi connectivity index (χ1n) is 7.17. The Labute approximate surface area is 139 Å². The van der Waals surface area contributed by atoms with E-state index in [-0.39, 0.29) is 27.8 Å². The van der Waals surface area contributed by atoms with E-state index in [4.69, 9.17) is 4.84 Å². The third kappa shape index (κ3) is 2.12. The van der Waals surface area contributed by atoms with E-state index < -0.39 is 29.6 Å². The second-order valence-electron chi connectivity index (χ2n) is 5.37. The van der Waals surface area contributed by atoms with Gasteiger partial charge in [-0.3, -0.25) is 24.5 Å². The van der Waals surface area contributed by atoms with Crippen LogP contribution in [0, 0.1) is 0 Å². The average Bonchev–Trinajstić information content (AvgIpc) is 3.04. The summed E-state index contributed by atoms with van der Waals surface area (Å²) in [6.45, 7) is 0. The molecule has 0 aromatic heterocycles. The van der Waals surface area contributed by atoms with E-state index in [1.807, 2.05) is 0 Å². The summed E-state index contributed by atoms with van der Waals surface area (Å²) in [6.07, 6.45) is 0. The maximum atomic E-state index is 12.2. The van der Waals surface area contributed by atoms with Crippen LogP contribution in [0.2, 0.25) is 0 Å². The second-order valence-corrected chi connectivity index (χ2v) is 5.37. The lowest BCUT2D eigenvalue weighted by molar-refractivity contribution is -0.0584. The zero-order valence-corrected chi connectivity index (χ0v) is 12.4. The first-order valence-corrected chi connectivity index (χ1v) is 7.17. The molecule has 0 aliphatic carbocycles. The number of hydroxylamine groups is 2. The van der Waals surface area contributed by atoms with Gasteiger partial charge in [0.15, 0.2) is 0 Å². The number of imide groups is 2. The molecule has 0 saturated carbocycles. The highest BCUT2D eigenvalue weighted by Gasteiger charge is 2.39. The average molecular weight is 336 g/mol. The van der Waals surface area contributed by atoms with Crippen LogP contribution in [-0.4, -0.2) is 34.7 Å². The summed E-state index contributed by atoms with van der Waals surface area (Å²) in [7, 11) is 0. The zero-order valence-electron chi connectivity index (χ0n) is 12.4. The third-order valence-corrected chi connectivity index (χ3v) is 3.90. The van der Waals surface area contributed by atoms with E-state index >= 15 is 0 Å². The van der Waals surface area contributed by atoms with E-state index in [0.717, 1.165) is 0 Å². The number of nitrogens with zero attached hydrogens (tertiary/aromatic N) is 1. The van der Waals surface area contributed by atoms with Crippen molar-refractivity contribution in [3.63, 3.8) is 0 Å². The minimum atomic E-state index is -0.996. The number of carbonyl (C=O) groups excluding carboxylic acids is 5. The quantitative estimate of drug-likeness (QED) is 0.817. The highest BCUT2D eigenvalue weighted by Crippen LogP contribution is 2.24. The molecule has 2 aromatic carbocycles. The number of rotatable bonds is 2. The molecule has 2 heterocycles. The molecule has 4 amide bonds. The number of carbonyl (C=O) groups is 5. The summed E-state index contributed by atoms with van der Waals surface area (Å²) in [5.74, 6) is -3.67. The van der Waals surface area contributed by atoms with E-state index in [9.17, 15) is 24.0 Å².